The van der Waals surface area contributed by atoms with Gasteiger partial charge in [0.05, 0.1) is 7.11 Å². The first kappa shape index (κ1) is 22.5. The summed E-state index contributed by atoms with van der Waals surface area (Å²) < 4.78 is 10.7. The third kappa shape index (κ3) is 8.73. The van der Waals surface area contributed by atoms with Gasteiger partial charge in [-0.1, -0.05) is 57.9 Å². The maximum Gasteiger partial charge on any atom is 0.305 e. The fourth-order valence-corrected chi connectivity index (χ4v) is 3.15. The van der Waals surface area contributed by atoms with Crippen molar-refractivity contribution in [3.8, 4) is 0 Å². The molecule has 0 unspecified atom stereocenters. The van der Waals surface area contributed by atoms with E-state index in [1.54, 1.807) is 0 Å². The molecule has 1 aromatic heterocycles. The van der Waals surface area contributed by atoms with Crippen LogP contribution in [-0.4, -0.2) is 13.1 Å². The van der Waals surface area contributed by atoms with Crippen molar-refractivity contribution in [2.24, 2.45) is 0 Å². The first-order chi connectivity index (χ1) is 12.6. The van der Waals surface area contributed by atoms with E-state index in [2.05, 4.69) is 37.7 Å². The SMILES string of the molecule is CCC/C=C/c1oc(CCCCCCCCCCC(=O)OC)c(C)c1C. The topological polar surface area (TPSA) is 39.4 Å². The molecule has 0 fully saturated rings. The Labute approximate surface area is 160 Å². The smallest absolute Gasteiger partial charge is 0.305 e. The van der Waals surface area contributed by atoms with Crippen LogP contribution in [-0.2, 0) is 16.0 Å². The molecule has 0 aliphatic rings. The van der Waals surface area contributed by atoms with Crippen molar-refractivity contribution >= 4 is 12.0 Å². The highest BCUT2D eigenvalue weighted by molar-refractivity contribution is 5.68. The van der Waals surface area contributed by atoms with Crippen molar-refractivity contribution in [2.45, 2.75) is 97.8 Å². The number of methoxy groups -OCH3 is 1. The Morgan fingerprint density at radius 3 is 2.19 bits per heavy atom. The summed E-state index contributed by atoms with van der Waals surface area (Å²) in [4.78, 5) is 11.0. The lowest BCUT2D eigenvalue weighted by atomic mass is 10.0. The van der Waals surface area contributed by atoms with Crippen LogP contribution in [0.2, 0.25) is 0 Å². The van der Waals surface area contributed by atoms with Crippen LogP contribution in [0.5, 0.6) is 0 Å². The van der Waals surface area contributed by atoms with E-state index >= 15 is 0 Å². The highest BCUT2D eigenvalue weighted by Gasteiger charge is 2.11. The van der Waals surface area contributed by atoms with E-state index in [-0.39, 0.29) is 5.97 Å². The van der Waals surface area contributed by atoms with Gasteiger partial charge >= 0.3 is 5.97 Å². The van der Waals surface area contributed by atoms with Crippen molar-refractivity contribution in [2.75, 3.05) is 7.11 Å². The maximum atomic E-state index is 11.0. The van der Waals surface area contributed by atoms with Gasteiger partial charge in [0.2, 0.25) is 0 Å². The monoisotopic (exact) mass is 362 g/mol. The van der Waals surface area contributed by atoms with Gasteiger partial charge in [-0.25, -0.2) is 0 Å². The lowest BCUT2D eigenvalue weighted by Crippen LogP contribution is -1.99. The van der Waals surface area contributed by atoms with Crippen LogP contribution in [0.3, 0.4) is 0 Å². The summed E-state index contributed by atoms with van der Waals surface area (Å²) in [7, 11) is 1.46. The number of furan rings is 1. The summed E-state index contributed by atoms with van der Waals surface area (Å²) >= 11 is 0. The number of rotatable bonds is 14. The molecule has 0 amide bonds. The second-order valence-corrected chi connectivity index (χ2v) is 7.24. The number of hydrogen-bond donors (Lipinski definition) is 0. The highest BCUT2D eigenvalue weighted by Crippen LogP contribution is 2.24. The molecule has 0 atom stereocenters. The first-order valence-electron chi connectivity index (χ1n) is 10.4. The minimum Gasteiger partial charge on any atom is -0.469 e. The average Bonchev–Trinajstić information content (AvgIpc) is 2.91. The molecular formula is C23H38O3. The normalized spacial score (nSPS) is 11.4. The molecular weight excluding hydrogens is 324 g/mol. The van der Waals surface area contributed by atoms with E-state index in [0.717, 1.165) is 31.4 Å². The van der Waals surface area contributed by atoms with E-state index in [4.69, 9.17) is 4.42 Å². The molecule has 1 rings (SSSR count). The summed E-state index contributed by atoms with van der Waals surface area (Å²) in [6.45, 7) is 6.53. The number of unbranched alkanes of at least 4 members (excludes halogenated alkanes) is 8. The van der Waals surface area contributed by atoms with E-state index in [1.165, 1.54) is 68.9 Å². The molecule has 3 heteroatoms. The van der Waals surface area contributed by atoms with E-state index in [1.807, 2.05) is 0 Å². The van der Waals surface area contributed by atoms with Gasteiger partial charge < -0.3 is 9.15 Å². The van der Waals surface area contributed by atoms with E-state index in [0.29, 0.717) is 6.42 Å². The minimum atomic E-state index is -0.0857. The van der Waals surface area contributed by atoms with Gasteiger partial charge in [0.25, 0.3) is 0 Å². The van der Waals surface area contributed by atoms with Gasteiger partial charge in [-0.2, -0.15) is 0 Å². The number of carbonyl (C=O) groups excluding carboxylic acids is 1. The lowest BCUT2D eigenvalue weighted by molar-refractivity contribution is -0.140. The van der Waals surface area contributed by atoms with Crippen molar-refractivity contribution in [1.82, 2.24) is 0 Å². The van der Waals surface area contributed by atoms with Crippen molar-refractivity contribution in [3.05, 3.63) is 28.7 Å². The minimum absolute atomic E-state index is 0.0857. The van der Waals surface area contributed by atoms with Gasteiger partial charge in [-0.05, 0) is 50.3 Å². The van der Waals surface area contributed by atoms with Crippen LogP contribution in [0.1, 0.15) is 100 Å². The number of esters is 1. The molecule has 0 aliphatic carbocycles. The third-order valence-corrected chi connectivity index (χ3v) is 5.07. The zero-order valence-corrected chi connectivity index (χ0v) is 17.4. The summed E-state index contributed by atoms with van der Waals surface area (Å²) in [5.74, 6) is 2.12. The lowest BCUT2D eigenvalue weighted by Gasteiger charge is -2.02. The second-order valence-electron chi connectivity index (χ2n) is 7.24. The Bertz CT molecular complexity index is 540. The summed E-state index contributed by atoms with van der Waals surface area (Å²) in [5.41, 5.74) is 2.62. The summed E-state index contributed by atoms with van der Waals surface area (Å²) in [6, 6.07) is 0. The Kier molecular flexibility index (Phi) is 11.8. The Balaban J connectivity index is 2.13. The summed E-state index contributed by atoms with van der Waals surface area (Å²) in [5, 5.41) is 0. The molecule has 148 valence electrons. The number of hydrogen-bond acceptors (Lipinski definition) is 3. The summed E-state index contributed by atoms with van der Waals surface area (Å²) in [6.07, 6.45) is 17.9. The number of ether oxygens (including phenoxy) is 1. The molecule has 0 aliphatic heterocycles. The molecule has 0 saturated heterocycles. The largest absolute Gasteiger partial charge is 0.469 e. The van der Waals surface area contributed by atoms with Gasteiger partial charge in [-0.3, -0.25) is 4.79 Å². The predicted octanol–water partition coefficient (Wildman–Crippen LogP) is 6.94. The molecule has 0 saturated carbocycles. The number of carbonyl (C=O) groups is 1. The van der Waals surface area contributed by atoms with Crippen LogP contribution in [0.25, 0.3) is 6.08 Å². The fraction of sp³-hybridized carbons (Fsp3) is 0.696. The molecule has 0 bridgehead atoms. The maximum absolute atomic E-state index is 11.0. The number of allylic oxidation sites excluding steroid dienone is 1. The molecule has 0 aromatic carbocycles. The van der Waals surface area contributed by atoms with E-state index < -0.39 is 0 Å². The van der Waals surface area contributed by atoms with E-state index in [9.17, 15) is 4.79 Å². The molecule has 1 aromatic rings. The van der Waals surface area contributed by atoms with Crippen LogP contribution < -0.4 is 0 Å². The quantitative estimate of drug-likeness (QED) is 0.266. The first-order valence-corrected chi connectivity index (χ1v) is 10.4. The molecule has 26 heavy (non-hydrogen) atoms. The highest BCUT2D eigenvalue weighted by atomic mass is 16.5. The van der Waals surface area contributed by atoms with Crippen LogP contribution in [0.4, 0.5) is 0 Å². The predicted molar refractivity (Wildman–Crippen MR) is 109 cm³/mol. The molecule has 0 radical (unpaired) electrons. The van der Waals surface area contributed by atoms with Crippen LogP contribution >= 0.6 is 0 Å². The van der Waals surface area contributed by atoms with Crippen molar-refractivity contribution in [1.29, 1.82) is 0 Å². The van der Waals surface area contributed by atoms with Gasteiger partial charge in [-0.15, -0.1) is 0 Å². The van der Waals surface area contributed by atoms with Gasteiger partial charge in [0, 0.05) is 12.8 Å². The second kappa shape index (κ2) is 13.7. The number of aryl methyl sites for hydroxylation is 1. The Morgan fingerprint density at radius 2 is 1.58 bits per heavy atom. The Hall–Kier alpha value is -1.51. The standard InChI is InChI=1S/C23H38O3/c1-5-6-13-16-21-19(2)20(3)22(26-21)17-14-11-9-7-8-10-12-15-18-23(24)25-4/h13,16H,5-12,14-15,17-18H2,1-4H3/b16-13+. The molecule has 0 N–H and O–H groups in total. The zero-order chi connectivity index (χ0) is 19.2. The Morgan fingerprint density at radius 1 is 0.962 bits per heavy atom. The van der Waals surface area contributed by atoms with Crippen molar-refractivity contribution in [3.63, 3.8) is 0 Å². The van der Waals surface area contributed by atoms with Crippen molar-refractivity contribution < 1.29 is 13.9 Å². The fourth-order valence-electron chi connectivity index (χ4n) is 3.15. The molecule has 1 heterocycles. The van der Waals surface area contributed by atoms with Crippen LogP contribution in [0.15, 0.2) is 10.5 Å². The third-order valence-electron chi connectivity index (χ3n) is 5.07. The van der Waals surface area contributed by atoms with Gasteiger partial charge in [0.1, 0.15) is 11.5 Å². The van der Waals surface area contributed by atoms with Crippen LogP contribution in [0, 0.1) is 13.8 Å². The molecule has 0 spiro atoms. The average molecular weight is 363 g/mol. The van der Waals surface area contributed by atoms with Gasteiger partial charge in [0.15, 0.2) is 0 Å². The molecule has 3 nitrogen and oxygen atoms in total. The zero-order valence-electron chi connectivity index (χ0n) is 17.4.